The van der Waals surface area contributed by atoms with Crippen LogP contribution in [0, 0.1) is 0 Å². The van der Waals surface area contributed by atoms with Gasteiger partial charge in [-0.3, -0.25) is 0 Å². The van der Waals surface area contributed by atoms with E-state index in [0.717, 1.165) is 5.69 Å². The molecule has 11 rings (SSSR count). The molecule has 0 saturated carbocycles. The third kappa shape index (κ3) is 4.72. The van der Waals surface area contributed by atoms with E-state index in [2.05, 4.69) is 181 Å². The van der Waals surface area contributed by atoms with Gasteiger partial charge >= 0.3 is 0 Å². The van der Waals surface area contributed by atoms with Crippen LogP contribution in [0.25, 0.3) is 82.8 Å². The highest BCUT2D eigenvalue weighted by molar-refractivity contribution is 7.27. The van der Waals surface area contributed by atoms with Crippen LogP contribution < -0.4 is 4.90 Å². The molecule has 0 unspecified atom stereocenters. The minimum absolute atomic E-state index is 1.16. The molecule has 3 aromatic heterocycles. The fourth-order valence-corrected chi connectivity index (χ4v) is 11.5. The first-order valence-corrected chi connectivity index (χ1v) is 19.9. The lowest BCUT2D eigenvalue weighted by molar-refractivity contribution is 1.32. The number of fused-ring (bicyclic) bond motifs is 9. The van der Waals surface area contributed by atoms with E-state index in [1.54, 1.807) is 0 Å². The summed E-state index contributed by atoms with van der Waals surface area (Å²) in [5.74, 6) is 0. The second kappa shape index (κ2) is 11.9. The van der Waals surface area contributed by atoms with Gasteiger partial charge in [-0.15, -0.1) is 34.0 Å². The summed E-state index contributed by atoms with van der Waals surface area (Å²) in [5, 5.41) is 7.84. The van der Waals surface area contributed by atoms with Crippen molar-refractivity contribution in [1.29, 1.82) is 0 Å². The predicted molar refractivity (Wildman–Crippen MR) is 231 cm³/mol. The van der Waals surface area contributed by atoms with Crippen molar-refractivity contribution in [2.75, 3.05) is 4.90 Å². The van der Waals surface area contributed by atoms with Crippen LogP contribution in [0.15, 0.2) is 176 Å². The van der Waals surface area contributed by atoms with E-state index < -0.39 is 0 Å². The van der Waals surface area contributed by atoms with Crippen molar-refractivity contribution < 1.29 is 0 Å². The average Bonchev–Trinajstić information content (AvgIpc) is 3.89. The van der Waals surface area contributed by atoms with Crippen molar-refractivity contribution in [3.05, 3.63) is 176 Å². The molecule has 0 amide bonds. The Morgan fingerprint density at radius 3 is 1.58 bits per heavy atom. The summed E-state index contributed by atoms with van der Waals surface area (Å²) < 4.78 is 7.84. The summed E-state index contributed by atoms with van der Waals surface area (Å²) in [5.41, 5.74) is 8.56. The van der Waals surface area contributed by atoms with Crippen molar-refractivity contribution in [3.63, 3.8) is 0 Å². The molecule has 0 radical (unpaired) electrons. The molecule has 0 aliphatic carbocycles. The zero-order valence-corrected chi connectivity index (χ0v) is 30.4. The number of nitrogens with zero attached hydrogens (tertiary/aromatic N) is 1. The van der Waals surface area contributed by atoms with E-state index in [9.17, 15) is 0 Å². The zero-order valence-electron chi connectivity index (χ0n) is 27.9. The lowest BCUT2D eigenvalue weighted by atomic mass is 10.0. The molecule has 0 N–H and O–H groups in total. The molecule has 0 saturated heterocycles. The number of rotatable bonds is 5. The first-order chi connectivity index (χ1) is 25.8. The quantitative estimate of drug-likeness (QED) is 0.171. The monoisotopic (exact) mass is 715 g/mol. The number of hydrogen-bond donors (Lipinski definition) is 0. The summed E-state index contributed by atoms with van der Waals surface area (Å²) in [4.78, 5) is 2.49. The zero-order chi connectivity index (χ0) is 34.2. The van der Waals surface area contributed by atoms with Crippen LogP contribution in [0.2, 0.25) is 0 Å². The minimum Gasteiger partial charge on any atom is -0.309 e. The van der Waals surface area contributed by atoms with Crippen molar-refractivity contribution in [1.82, 2.24) is 0 Å². The second-order valence-corrected chi connectivity index (χ2v) is 16.5. The maximum atomic E-state index is 2.49. The van der Waals surface area contributed by atoms with Crippen LogP contribution in [0.4, 0.5) is 17.1 Å². The lowest BCUT2D eigenvalue weighted by Crippen LogP contribution is -2.09. The molecule has 0 aliphatic heterocycles. The Morgan fingerprint density at radius 1 is 0.308 bits per heavy atom. The maximum Gasteiger partial charge on any atom is 0.0640 e. The molecule has 52 heavy (non-hydrogen) atoms. The Labute approximate surface area is 312 Å². The Morgan fingerprint density at radius 2 is 0.846 bits per heavy atom. The smallest absolute Gasteiger partial charge is 0.0640 e. The maximum absolute atomic E-state index is 2.49. The van der Waals surface area contributed by atoms with Gasteiger partial charge in [0.1, 0.15) is 0 Å². The Kier molecular flexibility index (Phi) is 6.84. The van der Waals surface area contributed by atoms with Gasteiger partial charge < -0.3 is 4.90 Å². The standard InChI is InChI=1S/C48H29NS3/c1-3-11-30(12-4-1)32-21-24-37-39-26-23-34(29-46(39)51-44(37)27-32)49(33-22-25-38-36-15-7-8-20-43(36)50-45(38)28-33)42-19-10-18-41-40-17-9-16-35(47(40)52-48(41)42)31-13-5-2-6-14-31/h1-29H. The Bertz CT molecular complexity index is 3130. The summed E-state index contributed by atoms with van der Waals surface area (Å²) in [6.07, 6.45) is 0. The van der Waals surface area contributed by atoms with Gasteiger partial charge in [0.2, 0.25) is 0 Å². The molecule has 0 atom stereocenters. The van der Waals surface area contributed by atoms with Crippen LogP contribution in [-0.2, 0) is 0 Å². The molecular formula is C48H29NS3. The molecule has 0 fully saturated rings. The molecule has 0 bridgehead atoms. The molecule has 1 nitrogen and oxygen atoms in total. The van der Waals surface area contributed by atoms with E-state index in [1.807, 2.05) is 34.0 Å². The summed E-state index contributed by atoms with van der Waals surface area (Å²) in [6, 6.07) is 64.8. The lowest BCUT2D eigenvalue weighted by Gasteiger charge is -2.26. The summed E-state index contributed by atoms with van der Waals surface area (Å²) >= 11 is 5.66. The average molecular weight is 716 g/mol. The number of benzene rings is 8. The fraction of sp³-hybridized carbons (Fsp3) is 0. The van der Waals surface area contributed by atoms with Gasteiger partial charge in [0, 0.05) is 67.2 Å². The topological polar surface area (TPSA) is 3.24 Å². The summed E-state index contributed by atoms with van der Waals surface area (Å²) in [7, 11) is 0. The van der Waals surface area contributed by atoms with Crippen molar-refractivity contribution in [2.24, 2.45) is 0 Å². The highest BCUT2D eigenvalue weighted by atomic mass is 32.1. The minimum atomic E-state index is 1.16. The third-order valence-corrected chi connectivity index (χ3v) is 13.8. The van der Waals surface area contributed by atoms with Gasteiger partial charge in [-0.05, 0) is 64.7 Å². The van der Waals surface area contributed by atoms with Crippen LogP contribution >= 0.6 is 34.0 Å². The van der Waals surface area contributed by atoms with Crippen LogP contribution in [0.5, 0.6) is 0 Å². The SMILES string of the molecule is c1ccc(-c2ccc3c(c2)sc2cc(N(c4ccc5c(c4)sc4ccccc45)c4cccc5c4sc4c(-c6ccccc6)cccc45)ccc23)cc1. The van der Waals surface area contributed by atoms with E-state index in [1.165, 1.54) is 94.1 Å². The van der Waals surface area contributed by atoms with Crippen molar-refractivity contribution in [2.45, 2.75) is 0 Å². The van der Waals surface area contributed by atoms with E-state index in [-0.39, 0.29) is 0 Å². The molecule has 0 aliphatic rings. The van der Waals surface area contributed by atoms with Crippen LogP contribution in [0.1, 0.15) is 0 Å². The first kappa shape index (κ1) is 29.9. The fourth-order valence-electron chi connectivity index (χ4n) is 7.82. The number of anilines is 3. The summed E-state index contributed by atoms with van der Waals surface area (Å²) in [6.45, 7) is 0. The van der Waals surface area contributed by atoms with Crippen LogP contribution in [-0.4, -0.2) is 0 Å². The predicted octanol–water partition coefficient (Wildman–Crippen LogP) is 15.6. The molecule has 4 heteroatoms. The van der Waals surface area contributed by atoms with Gasteiger partial charge in [0.05, 0.1) is 10.4 Å². The highest BCUT2D eigenvalue weighted by Gasteiger charge is 2.21. The van der Waals surface area contributed by atoms with Gasteiger partial charge in [-0.25, -0.2) is 0 Å². The molecule has 3 heterocycles. The van der Waals surface area contributed by atoms with Gasteiger partial charge in [-0.1, -0.05) is 133 Å². The highest BCUT2D eigenvalue weighted by Crippen LogP contribution is 2.49. The van der Waals surface area contributed by atoms with E-state index in [4.69, 9.17) is 0 Å². The third-order valence-electron chi connectivity index (χ3n) is 10.3. The molecular weight excluding hydrogens is 687 g/mol. The van der Waals surface area contributed by atoms with Crippen molar-refractivity contribution in [3.8, 4) is 22.3 Å². The molecule has 244 valence electrons. The first-order valence-electron chi connectivity index (χ1n) is 17.5. The van der Waals surface area contributed by atoms with Gasteiger partial charge in [0.25, 0.3) is 0 Å². The normalized spacial score (nSPS) is 11.8. The Hall–Kier alpha value is -5.78. The van der Waals surface area contributed by atoms with E-state index >= 15 is 0 Å². The molecule has 11 aromatic rings. The number of hydrogen-bond acceptors (Lipinski definition) is 4. The molecule has 0 spiro atoms. The Balaban J connectivity index is 1.14. The van der Waals surface area contributed by atoms with Gasteiger partial charge in [-0.2, -0.15) is 0 Å². The van der Waals surface area contributed by atoms with Gasteiger partial charge in [0.15, 0.2) is 0 Å². The molecule has 8 aromatic carbocycles. The van der Waals surface area contributed by atoms with Crippen molar-refractivity contribution >= 4 is 112 Å². The largest absolute Gasteiger partial charge is 0.309 e. The van der Waals surface area contributed by atoms with E-state index in [0.29, 0.717) is 0 Å². The second-order valence-electron chi connectivity index (χ2n) is 13.3. The number of thiophene rings is 3. The van der Waals surface area contributed by atoms with Crippen LogP contribution in [0.3, 0.4) is 0 Å².